The fourth-order valence-corrected chi connectivity index (χ4v) is 0.280. The highest BCUT2D eigenvalue weighted by Gasteiger charge is 1.85. The quantitative estimate of drug-likeness (QED) is 0.239. The number of rotatable bonds is 7. The summed E-state index contributed by atoms with van der Waals surface area (Å²) in [5.41, 5.74) is 0. The van der Waals surface area contributed by atoms with Crippen molar-refractivity contribution in [2.24, 2.45) is 0 Å². The predicted octanol–water partition coefficient (Wildman–Crippen LogP) is 0.630. The third-order valence-corrected chi connectivity index (χ3v) is 0.705. The zero-order valence-corrected chi connectivity index (χ0v) is 6.61. The maximum atomic E-state index is 4.67. The monoisotopic (exact) mass is 164 g/mol. The molecule has 0 saturated carbocycles. The van der Waals surface area contributed by atoms with Crippen LogP contribution in [0.1, 0.15) is 0 Å². The molecule has 0 bridgehead atoms. The summed E-state index contributed by atoms with van der Waals surface area (Å²) >= 11 is 0. The van der Waals surface area contributed by atoms with Crippen molar-refractivity contribution in [2.75, 3.05) is 27.4 Å². The Morgan fingerprint density at radius 3 is 2.55 bits per heavy atom. The molecule has 0 aliphatic carbocycles. The highest BCUT2D eigenvalue weighted by Crippen LogP contribution is 1.83. The summed E-state index contributed by atoms with van der Waals surface area (Å²) in [6.07, 6.45) is 2.51. The summed E-state index contributed by atoms with van der Waals surface area (Å²) < 4.78 is 9.17. The molecular formula is C6H12O5. The van der Waals surface area contributed by atoms with Gasteiger partial charge in [-0.15, -0.1) is 0 Å². The Balaban J connectivity index is 2.85. The van der Waals surface area contributed by atoms with E-state index in [1.165, 1.54) is 19.6 Å². The summed E-state index contributed by atoms with van der Waals surface area (Å²) in [4.78, 5) is 8.80. The molecule has 0 spiro atoms. The van der Waals surface area contributed by atoms with Gasteiger partial charge < -0.3 is 14.4 Å². The largest absolute Gasteiger partial charge is 0.501 e. The van der Waals surface area contributed by atoms with E-state index in [0.717, 1.165) is 0 Å². The maximum Gasteiger partial charge on any atom is 0.167 e. The third-order valence-electron chi connectivity index (χ3n) is 0.705. The van der Waals surface area contributed by atoms with Crippen LogP contribution in [0.4, 0.5) is 0 Å². The van der Waals surface area contributed by atoms with Crippen LogP contribution in [0.15, 0.2) is 12.5 Å². The van der Waals surface area contributed by atoms with Crippen LogP contribution < -0.4 is 0 Å². The van der Waals surface area contributed by atoms with E-state index in [4.69, 9.17) is 0 Å². The van der Waals surface area contributed by atoms with Crippen molar-refractivity contribution in [3.05, 3.63) is 12.5 Å². The van der Waals surface area contributed by atoms with Crippen LogP contribution in [0.3, 0.4) is 0 Å². The highest BCUT2D eigenvalue weighted by molar-refractivity contribution is 4.55. The lowest BCUT2D eigenvalue weighted by Gasteiger charge is -1.98. The summed E-state index contributed by atoms with van der Waals surface area (Å²) in [6.45, 7) is 0.772. The molecule has 5 heteroatoms. The van der Waals surface area contributed by atoms with E-state index in [1.807, 2.05) is 0 Å². The highest BCUT2D eigenvalue weighted by atomic mass is 17.5. The van der Waals surface area contributed by atoms with Gasteiger partial charge in [-0.25, -0.2) is 0 Å². The standard InChI is InChI=1S/C6H12O5/c1-7-3-5-9-11-10-6-4-8-2/h3,5H,4,6H2,1-2H3/b5-3+. The van der Waals surface area contributed by atoms with E-state index >= 15 is 0 Å². The van der Waals surface area contributed by atoms with E-state index in [0.29, 0.717) is 13.2 Å². The molecule has 0 N–H and O–H groups in total. The number of methoxy groups -OCH3 is 2. The Morgan fingerprint density at radius 1 is 1.09 bits per heavy atom. The topological polar surface area (TPSA) is 46.2 Å². The van der Waals surface area contributed by atoms with E-state index < -0.39 is 0 Å². The molecule has 66 valence electrons. The molecule has 0 saturated heterocycles. The van der Waals surface area contributed by atoms with Gasteiger partial charge in [0.25, 0.3) is 0 Å². The van der Waals surface area contributed by atoms with Crippen LogP contribution in [-0.4, -0.2) is 27.4 Å². The molecule has 5 nitrogen and oxygen atoms in total. The Hall–Kier alpha value is -0.780. The van der Waals surface area contributed by atoms with Gasteiger partial charge in [0, 0.05) is 7.11 Å². The fourth-order valence-electron chi connectivity index (χ4n) is 0.280. The van der Waals surface area contributed by atoms with Crippen LogP contribution in [0, 0.1) is 0 Å². The molecule has 0 aromatic carbocycles. The first-order valence-electron chi connectivity index (χ1n) is 3.03. The molecule has 0 amide bonds. The molecule has 0 aromatic rings. The minimum atomic E-state index is 0.317. The van der Waals surface area contributed by atoms with E-state index in [1.54, 1.807) is 7.11 Å². The van der Waals surface area contributed by atoms with Gasteiger partial charge in [0.2, 0.25) is 0 Å². The van der Waals surface area contributed by atoms with Crippen LogP contribution in [0.5, 0.6) is 0 Å². The molecule has 0 atom stereocenters. The van der Waals surface area contributed by atoms with Crippen molar-refractivity contribution in [1.29, 1.82) is 0 Å². The lowest BCUT2D eigenvalue weighted by atomic mass is 10.8. The Morgan fingerprint density at radius 2 is 1.91 bits per heavy atom. The second kappa shape index (κ2) is 9.22. The molecular weight excluding hydrogens is 152 g/mol. The molecule has 0 aromatic heterocycles. The lowest BCUT2D eigenvalue weighted by Crippen LogP contribution is -2.01. The lowest BCUT2D eigenvalue weighted by molar-refractivity contribution is -0.491. The molecule has 0 rings (SSSR count). The summed E-state index contributed by atoms with van der Waals surface area (Å²) in [5.74, 6) is 0. The van der Waals surface area contributed by atoms with Crippen molar-refractivity contribution in [2.45, 2.75) is 0 Å². The first-order chi connectivity index (χ1) is 5.41. The van der Waals surface area contributed by atoms with Gasteiger partial charge in [-0.1, -0.05) is 0 Å². The van der Waals surface area contributed by atoms with Gasteiger partial charge in [-0.3, -0.25) is 0 Å². The average Bonchev–Trinajstić information content (AvgIpc) is 2.03. The minimum Gasteiger partial charge on any atom is -0.501 e. The van der Waals surface area contributed by atoms with Crippen molar-refractivity contribution < 1.29 is 24.3 Å². The van der Waals surface area contributed by atoms with Crippen LogP contribution in [-0.2, 0) is 24.3 Å². The molecule has 0 unspecified atom stereocenters. The Labute approximate surface area is 65.3 Å². The van der Waals surface area contributed by atoms with Crippen LogP contribution >= 0.6 is 0 Å². The maximum absolute atomic E-state index is 4.67. The van der Waals surface area contributed by atoms with Crippen molar-refractivity contribution >= 4 is 0 Å². The fraction of sp³-hybridized carbons (Fsp3) is 0.667. The minimum absolute atomic E-state index is 0.317. The van der Waals surface area contributed by atoms with Crippen molar-refractivity contribution in [3.63, 3.8) is 0 Å². The molecule has 0 aliphatic heterocycles. The number of hydrogen-bond acceptors (Lipinski definition) is 5. The van der Waals surface area contributed by atoms with Gasteiger partial charge in [0.15, 0.2) is 6.26 Å². The SMILES string of the molecule is CO/C=C/OOOCCOC. The zero-order chi connectivity index (χ0) is 8.36. The molecule has 0 radical (unpaired) electrons. The van der Waals surface area contributed by atoms with Crippen LogP contribution in [0.25, 0.3) is 0 Å². The number of hydrogen-bond donors (Lipinski definition) is 0. The molecule has 0 fully saturated rings. The van der Waals surface area contributed by atoms with E-state index in [-0.39, 0.29) is 0 Å². The first-order valence-corrected chi connectivity index (χ1v) is 3.03. The Bertz CT molecular complexity index is 93.0. The van der Waals surface area contributed by atoms with Crippen molar-refractivity contribution in [3.8, 4) is 0 Å². The predicted molar refractivity (Wildman–Crippen MR) is 36.1 cm³/mol. The zero-order valence-electron chi connectivity index (χ0n) is 6.61. The third kappa shape index (κ3) is 9.22. The summed E-state index contributed by atoms with van der Waals surface area (Å²) in [7, 11) is 3.06. The van der Waals surface area contributed by atoms with Crippen LogP contribution in [0.2, 0.25) is 0 Å². The molecule has 0 aliphatic rings. The normalized spacial score (nSPS) is 10.4. The van der Waals surface area contributed by atoms with Gasteiger partial charge in [0.1, 0.15) is 12.9 Å². The van der Waals surface area contributed by atoms with E-state index in [9.17, 15) is 0 Å². The summed E-state index contributed by atoms with van der Waals surface area (Å²) in [6, 6.07) is 0. The average molecular weight is 164 g/mol. The Kier molecular flexibility index (Phi) is 8.57. The molecule has 11 heavy (non-hydrogen) atoms. The molecule has 0 heterocycles. The number of ether oxygens (including phenoxy) is 2. The van der Waals surface area contributed by atoms with Gasteiger partial charge >= 0.3 is 0 Å². The van der Waals surface area contributed by atoms with Gasteiger partial charge in [0.05, 0.1) is 13.7 Å². The summed E-state index contributed by atoms with van der Waals surface area (Å²) in [5, 5.41) is 4.19. The van der Waals surface area contributed by atoms with Crippen molar-refractivity contribution in [1.82, 2.24) is 0 Å². The second-order valence-electron chi connectivity index (χ2n) is 1.49. The first kappa shape index (κ1) is 10.2. The second-order valence-corrected chi connectivity index (χ2v) is 1.49. The smallest absolute Gasteiger partial charge is 0.167 e. The van der Waals surface area contributed by atoms with Gasteiger partial charge in [-0.2, -0.15) is 4.89 Å². The van der Waals surface area contributed by atoms with E-state index in [2.05, 4.69) is 24.3 Å². The van der Waals surface area contributed by atoms with Gasteiger partial charge in [-0.05, 0) is 5.04 Å².